The molecule has 1 unspecified atom stereocenters. The number of ether oxygens (including phenoxy) is 1. The van der Waals surface area contributed by atoms with Gasteiger partial charge in [0.25, 0.3) is 0 Å². The molecule has 0 fully saturated rings. The second-order valence-electron chi connectivity index (χ2n) is 7.38. The zero-order chi connectivity index (χ0) is 18.0. The molecule has 1 aliphatic heterocycles. The Bertz CT molecular complexity index is 734. The van der Waals surface area contributed by atoms with Crippen LogP contribution in [0.25, 0.3) is 0 Å². The average molecular weight is 343 g/mol. The lowest BCUT2D eigenvalue weighted by atomic mass is 10.1. The summed E-state index contributed by atoms with van der Waals surface area (Å²) in [5, 5.41) is 10.6. The number of rotatable bonds is 3. The van der Waals surface area contributed by atoms with Crippen LogP contribution in [-0.4, -0.2) is 37.8 Å². The highest BCUT2D eigenvalue weighted by molar-refractivity contribution is 5.68. The van der Waals surface area contributed by atoms with Crippen LogP contribution < -0.4 is 0 Å². The minimum atomic E-state index is -0.579. The Morgan fingerprint density at radius 3 is 2.64 bits per heavy atom. The zero-order valence-corrected chi connectivity index (χ0v) is 15.0. The number of hydrogen-bond acceptors (Lipinski definition) is 4. The van der Waals surface area contributed by atoms with Gasteiger partial charge in [-0.25, -0.2) is 4.79 Å². The molecule has 0 aromatic carbocycles. The zero-order valence-electron chi connectivity index (χ0n) is 15.0. The molecule has 1 aliphatic rings. The van der Waals surface area contributed by atoms with E-state index in [4.69, 9.17) is 4.74 Å². The lowest BCUT2D eigenvalue weighted by molar-refractivity contribution is 0.0195. The number of fused-ring (bicyclic) bond motifs is 1. The predicted octanol–water partition coefficient (Wildman–Crippen LogP) is 2.91. The van der Waals surface area contributed by atoms with Gasteiger partial charge < -0.3 is 19.3 Å². The molecule has 0 saturated heterocycles. The third kappa shape index (κ3) is 4.20. The number of aromatic nitrogens is 2. The number of carbonyl (C=O) groups is 1. The van der Waals surface area contributed by atoms with E-state index in [0.29, 0.717) is 26.1 Å². The van der Waals surface area contributed by atoms with Crippen LogP contribution in [0.4, 0.5) is 4.79 Å². The molecule has 134 valence electrons. The topological polar surface area (TPSA) is 67.6 Å². The molecule has 1 amide bonds. The van der Waals surface area contributed by atoms with Crippen LogP contribution in [0.3, 0.4) is 0 Å². The number of pyridine rings is 1. The van der Waals surface area contributed by atoms with Crippen molar-refractivity contribution in [3.05, 3.63) is 53.6 Å². The number of carbonyl (C=O) groups excluding carboxylic acids is 1. The van der Waals surface area contributed by atoms with E-state index < -0.39 is 11.7 Å². The van der Waals surface area contributed by atoms with Crippen LogP contribution in [0, 0.1) is 0 Å². The summed E-state index contributed by atoms with van der Waals surface area (Å²) in [5.74, 6) is 0. The Balaban J connectivity index is 1.69. The summed E-state index contributed by atoms with van der Waals surface area (Å²) in [5.41, 5.74) is 2.45. The molecule has 3 heterocycles. The molecular weight excluding hydrogens is 318 g/mol. The van der Waals surface area contributed by atoms with Crippen molar-refractivity contribution < 1.29 is 14.6 Å². The quantitative estimate of drug-likeness (QED) is 0.930. The van der Waals surface area contributed by atoms with Crippen LogP contribution in [0.15, 0.2) is 36.7 Å². The normalized spacial score (nSPS) is 15.6. The molecule has 0 aliphatic carbocycles. The molecular formula is C19H25N3O3. The van der Waals surface area contributed by atoms with Gasteiger partial charge in [-0.15, -0.1) is 0 Å². The fourth-order valence-corrected chi connectivity index (χ4v) is 3.05. The predicted molar refractivity (Wildman–Crippen MR) is 94.0 cm³/mol. The first-order valence-corrected chi connectivity index (χ1v) is 8.57. The van der Waals surface area contributed by atoms with Crippen molar-refractivity contribution in [2.45, 2.75) is 52.0 Å². The third-order valence-corrected chi connectivity index (χ3v) is 4.22. The van der Waals surface area contributed by atoms with Gasteiger partial charge >= 0.3 is 6.09 Å². The van der Waals surface area contributed by atoms with Gasteiger partial charge in [0.2, 0.25) is 0 Å². The number of aliphatic hydroxyl groups excluding tert-OH is 1. The van der Waals surface area contributed by atoms with Gasteiger partial charge in [0.15, 0.2) is 0 Å². The van der Waals surface area contributed by atoms with Crippen molar-refractivity contribution in [3.63, 3.8) is 0 Å². The molecule has 25 heavy (non-hydrogen) atoms. The van der Waals surface area contributed by atoms with Crippen LogP contribution in [0.2, 0.25) is 0 Å². The van der Waals surface area contributed by atoms with Gasteiger partial charge in [-0.1, -0.05) is 0 Å². The summed E-state index contributed by atoms with van der Waals surface area (Å²) in [4.78, 5) is 18.0. The molecule has 2 aromatic rings. The highest BCUT2D eigenvalue weighted by Crippen LogP contribution is 2.25. The van der Waals surface area contributed by atoms with E-state index in [1.165, 1.54) is 0 Å². The Morgan fingerprint density at radius 2 is 1.96 bits per heavy atom. The van der Waals surface area contributed by atoms with E-state index in [1.807, 2.05) is 45.0 Å². The Kier molecular flexibility index (Phi) is 4.81. The lowest BCUT2D eigenvalue weighted by Crippen LogP contribution is -2.41. The number of hydrogen-bond donors (Lipinski definition) is 1. The maximum atomic E-state index is 12.2. The molecule has 0 radical (unpaired) electrons. The summed E-state index contributed by atoms with van der Waals surface area (Å²) in [6.45, 7) is 7.33. The van der Waals surface area contributed by atoms with Gasteiger partial charge in [0, 0.05) is 43.3 Å². The van der Waals surface area contributed by atoms with Crippen LogP contribution in [-0.2, 0) is 24.2 Å². The number of amides is 1. The fraction of sp³-hybridized carbons (Fsp3) is 0.474. The van der Waals surface area contributed by atoms with Crippen molar-refractivity contribution >= 4 is 6.09 Å². The lowest BCUT2D eigenvalue weighted by Gasteiger charge is -2.32. The highest BCUT2D eigenvalue weighted by Gasteiger charge is 2.27. The van der Waals surface area contributed by atoms with Gasteiger partial charge in [0.05, 0.1) is 12.6 Å². The van der Waals surface area contributed by atoms with E-state index in [9.17, 15) is 9.90 Å². The molecule has 6 nitrogen and oxygen atoms in total. The van der Waals surface area contributed by atoms with Crippen molar-refractivity contribution in [2.24, 2.45) is 0 Å². The summed E-state index contributed by atoms with van der Waals surface area (Å²) in [7, 11) is 0. The maximum Gasteiger partial charge on any atom is 0.410 e. The number of nitrogens with zero attached hydrogens (tertiary/aromatic N) is 3. The summed E-state index contributed by atoms with van der Waals surface area (Å²) >= 11 is 0. The Hall–Kier alpha value is -2.34. The largest absolute Gasteiger partial charge is 0.444 e. The second kappa shape index (κ2) is 6.88. The van der Waals surface area contributed by atoms with E-state index in [-0.39, 0.29) is 6.09 Å². The molecule has 6 heteroatoms. The molecule has 1 atom stereocenters. The van der Waals surface area contributed by atoms with Crippen molar-refractivity contribution in [2.75, 3.05) is 6.54 Å². The first-order valence-electron chi connectivity index (χ1n) is 8.57. The van der Waals surface area contributed by atoms with E-state index in [1.54, 1.807) is 17.3 Å². The summed E-state index contributed by atoms with van der Waals surface area (Å²) in [6, 6.07) is 7.74. The Labute approximate surface area is 148 Å². The molecule has 2 aromatic heterocycles. The summed E-state index contributed by atoms with van der Waals surface area (Å²) < 4.78 is 7.55. The first-order chi connectivity index (χ1) is 11.8. The minimum absolute atomic E-state index is 0.293. The van der Waals surface area contributed by atoms with Crippen LogP contribution in [0.5, 0.6) is 0 Å². The van der Waals surface area contributed by atoms with E-state index >= 15 is 0 Å². The standard InChI is InChI=1S/C19H25N3O3/c1-19(2,3)25-18(24)21-10-11-22-15(13-21)4-5-16(22)17(23)12-14-6-8-20-9-7-14/h4-9,17,23H,10-13H2,1-3H3. The molecule has 3 rings (SSSR count). The van der Waals surface area contributed by atoms with Gasteiger partial charge in [0.1, 0.15) is 5.60 Å². The summed E-state index contributed by atoms with van der Waals surface area (Å²) in [6.07, 6.45) is 3.13. The fourth-order valence-electron chi connectivity index (χ4n) is 3.05. The number of aliphatic hydroxyl groups is 1. The third-order valence-electron chi connectivity index (χ3n) is 4.22. The van der Waals surface area contributed by atoms with E-state index in [2.05, 4.69) is 9.55 Å². The SMILES string of the molecule is CC(C)(C)OC(=O)N1CCn2c(ccc2C(O)Cc2ccncc2)C1. The minimum Gasteiger partial charge on any atom is -0.444 e. The van der Waals surface area contributed by atoms with Crippen molar-refractivity contribution in [3.8, 4) is 0 Å². The van der Waals surface area contributed by atoms with Crippen LogP contribution >= 0.6 is 0 Å². The van der Waals surface area contributed by atoms with E-state index in [0.717, 1.165) is 17.0 Å². The van der Waals surface area contributed by atoms with Crippen molar-refractivity contribution in [1.82, 2.24) is 14.5 Å². The van der Waals surface area contributed by atoms with Crippen molar-refractivity contribution in [1.29, 1.82) is 0 Å². The average Bonchev–Trinajstić information content (AvgIpc) is 2.97. The smallest absolute Gasteiger partial charge is 0.410 e. The maximum absolute atomic E-state index is 12.2. The Morgan fingerprint density at radius 1 is 1.24 bits per heavy atom. The molecule has 0 saturated carbocycles. The monoisotopic (exact) mass is 343 g/mol. The highest BCUT2D eigenvalue weighted by atomic mass is 16.6. The molecule has 1 N–H and O–H groups in total. The van der Waals surface area contributed by atoms with Gasteiger partial charge in [-0.3, -0.25) is 4.98 Å². The molecule has 0 spiro atoms. The first kappa shape index (κ1) is 17.5. The van der Waals surface area contributed by atoms with Crippen LogP contribution in [0.1, 0.15) is 43.8 Å². The van der Waals surface area contributed by atoms with Gasteiger partial charge in [-0.2, -0.15) is 0 Å². The second-order valence-corrected chi connectivity index (χ2v) is 7.38. The van der Waals surface area contributed by atoms with Gasteiger partial charge in [-0.05, 0) is 50.6 Å². The molecule has 0 bridgehead atoms.